The van der Waals surface area contributed by atoms with Gasteiger partial charge < -0.3 is 14.7 Å². The van der Waals surface area contributed by atoms with Gasteiger partial charge in [-0.15, -0.1) is 0 Å². The zero-order chi connectivity index (χ0) is 16.9. The third kappa shape index (κ3) is 4.16. The molecule has 0 bridgehead atoms. The van der Waals surface area contributed by atoms with Crippen molar-refractivity contribution in [2.75, 3.05) is 23.3 Å². The number of hydrogen-bond donors (Lipinski definition) is 2. The number of ether oxygens (including phenoxy) is 1. The number of anilines is 2. The molecule has 1 aromatic heterocycles. The maximum atomic E-state index is 11.9. The lowest BCUT2D eigenvalue weighted by Crippen LogP contribution is -2.38. The molecule has 0 aliphatic carbocycles. The number of carbonyl (C=O) groups is 1. The topological polar surface area (TPSA) is 74.7 Å². The molecule has 2 N–H and O–H groups in total. The molecule has 6 heteroatoms. The molecule has 0 unspecified atom stereocenters. The normalized spacial score (nSPS) is 15.1. The van der Waals surface area contributed by atoms with Crippen LogP contribution < -0.4 is 10.2 Å². The van der Waals surface area contributed by atoms with Crippen LogP contribution in [-0.2, 0) is 4.74 Å². The van der Waals surface area contributed by atoms with Crippen molar-refractivity contribution >= 4 is 17.6 Å². The van der Waals surface area contributed by atoms with Crippen molar-refractivity contribution in [1.82, 2.24) is 4.98 Å². The Hall–Kier alpha value is -2.76. The maximum Gasteiger partial charge on any atom is 0.413 e. The summed E-state index contributed by atoms with van der Waals surface area (Å²) in [5.74, 6) is 0.410. The van der Waals surface area contributed by atoms with E-state index in [1.54, 1.807) is 0 Å². The fourth-order valence-electron chi connectivity index (χ4n) is 2.73. The Balaban J connectivity index is 1.47. The predicted octanol–water partition coefficient (Wildman–Crippen LogP) is 3.31. The first-order valence-electron chi connectivity index (χ1n) is 8.04. The molecule has 6 nitrogen and oxygen atoms in total. The van der Waals surface area contributed by atoms with E-state index < -0.39 is 6.09 Å². The number of nitrogens with zero attached hydrogens (tertiary/aromatic N) is 2. The molecule has 0 radical (unpaired) electrons. The van der Waals surface area contributed by atoms with E-state index >= 15 is 0 Å². The number of benzene rings is 1. The van der Waals surface area contributed by atoms with Gasteiger partial charge in [0.1, 0.15) is 17.7 Å². The number of aromatic nitrogens is 1. The summed E-state index contributed by atoms with van der Waals surface area (Å²) in [6.45, 7) is 3.79. The number of hydrogen-bond acceptors (Lipinski definition) is 5. The van der Waals surface area contributed by atoms with Gasteiger partial charge in [0.15, 0.2) is 0 Å². The number of carbonyl (C=O) groups excluding carboxylic acids is 1. The van der Waals surface area contributed by atoms with Gasteiger partial charge in [-0.05, 0) is 31.2 Å². The Bertz CT molecular complexity index is 678. The smallest absolute Gasteiger partial charge is 0.413 e. The zero-order valence-corrected chi connectivity index (χ0v) is 13.6. The van der Waals surface area contributed by atoms with Crippen molar-refractivity contribution in [2.24, 2.45) is 0 Å². The quantitative estimate of drug-likeness (QED) is 0.904. The van der Waals surface area contributed by atoms with Gasteiger partial charge in [0, 0.05) is 31.6 Å². The van der Waals surface area contributed by atoms with Gasteiger partial charge in [0.2, 0.25) is 0 Å². The number of nitrogens with one attached hydrogen (secondary N) is 1. The molecule has 1 saturated heterocycles. The molecule has 0 saturated carbocycles. The Morgan fingerprint density at radius 1 is 1.21 bits per heavy atom. The van der Waals surface area contributed by atoms with E-state index in [0.717, 1.165) is 25.9 Å². The van der Waals surface area contributed by atoms with Crippen molar-refractivity contribution in [3.05, 3.63) is 48.2 Å². The number of amides is 1. The minimum atomic E-state index is -0.512. The average molecular weight is 327 g/mol. The average Bonchev–Trinajstić information content (AvgIpc) is 2.58. The molecule has 24 heavy (non-hydrogen) atoms. The van der Waals surface area contributed by atoms with E-state index in [0.29, 0.717) is 5.82 Å². The summed E-state index contributed by atoms with van der Waals surface area (Å²) in [6.07, 6.45) is 2.26. The molecule has 0 spiro atoms. The second kappa shape index (κ2) is 7.21. The Morgan fingerprint density at radius 3 is 2.54 bits per heavy atom. The molecule has 2 aromatic rings. The molecule has 2 heterocycles. The van der Waals surface area contributed by atoms with E-state index in [9.17, 15) is 9.90 Å². The Morgan fingerprint density at radius 2 is 1.92 bits per heavy atom. The Kier molecular flexibility index (Phi) is 4.84. The summed E-state index contributed by atoms with van der Waals surface area (Å²) >= 11 is 0. The summed E-state index contributed by atoms with van der Waals surface area (Å²) in [7, 11) is 0. The number of pyridine rings is 1. The monoisotopic (exact) mass is 327 g/mol. The fourth-order valence-corrected chi connectivity index (χ4v) is 2.73. The van der Waals surface area contributed by atoms with Crippen LogP contribution in [0.1, 0.15) is 18.4 Å². The fraction of sp³-hybridized carbons (Fsp3) is 0.333. The molecule has 1 amide bonds. The van der Waals surface area contributed by atoms with Crippen LogP contribution in [0.2, 0.25) is 0 Å². The lowest BCUT2D eigenvalue weighted by molar-refractivity contribution is 0.0950. The van der Waals surface area contributed by atoms with E-state index in [1.165, 1.54) is 29.6 Å². The second-order valence-electron chi connectivity index (χ2n) is 5.95. The first-order valence-corrected chi connectivity index (χ1v) is 8.04. The minimum absolute atomic E-state index is 0.0531. The highest BCUT2D eigenvalue weighted by Crippen LogP contribution is 2.22. The van der Waals surface area contributed by atoms with E-state index in [2.05, 4.69) is 46.4 Å². The molecule has 1 aliphatic heterocycles. The molecule has 1 aromatic carbocycles. The Labute approximate surface area is 141 Å². The first-order chi connectivity index (χ1) is 11.6. The molecule has 0 atom stereocenters. The summed E-state index contributed by atoms with van der Waals surface area (Å²) in [5.41, 5.74) is 2.45. The highest BCUT2D eigenvalue weighted by molar-refractivity contribution is 5.83. The number of rotatable bonds is 3. The van der Waals surface area contributed by atoms with Gasteiger partial charge in [0.05, 0.1) is 6.20 Å². The number of aromatic hydroxyl groups is 1. The first kappa shape index (κ1) is 16.1. The van der Waals surface area contributed by atoms with Gasteiger partial charge in [-0.3, -0.25) is 5.32 Å². The predicted molar refractivity (Wildman–Crippen MR) is 92.4 cm³/mol. The molecular weight excluding hydrogens is 306 g/mol. The van der Waals surface area contributed by atoms with Crippen molar-refractivity contribution < 1.29 is 14.6 Å². The summed E-state index contributed by atoms with van der Waals surface area (Å²) in [4.78, 5) is 18.1. The van der Waals surface area contributed by atoms with Gasteiger partial charge in [0.25, 0.3) is 0 Å². The molecule has 1 aliphatic rings. The highest BCUT2D eigenvalue weighted by atomic mass is 16.6. The highest BCUT2D eigenvalue weighted by Gasteiger charge is 2.22. The standard InChI is InChI=1S/C18H21N3O3/c1-13-2-4-14(5-3-13)21-10-8-16(9-11-21)24-18(23)20-17-7-6-15(22)12-19-17/h2-7,12,16,22H,8-11H2,1H3,(H,19,20,23). The van der Waals surface area contributed by atoms with E-state index in [1.807, 2.05) is 0 Å². The second-order valence-corrected chi connectivity index (χ2v) is 5.95. The van der Waals surface area contributed by atoms with Crippen LogP contribution >= 0.6 is 0 Å². The van der Waals surface area contributed by atoms with Gasteiger partial charge >= 0.3 is 6.09 Å². The van der Waals surface area contributed by atoms with E-state index in [-0.39, 0.29) is 11.9 Å². The maximum absolute atomic E-state index is 11.9. The van der Waals surface area contributed by atoms with Crippen molar-refractivity contribution in [3.8, 4) is 5.75 Å². The molecule has 3 rings (SSSR count). The molecule has 1 fully saturated rings. The SMILES string of the molecule is Cc1ccc(N2CCC(OC(=O)Nc3ccc(O)cn3)CC2)cc1. The van der Waals surface area contributed by atoms with Crippen LogP contribution in [-0.4, -0.2) is 35.4 Å². The van der Waals surface area contributed by atoms with Crippen LogP contribution in [0.15, 0.2) is 42.6 Å². The van der Waals surface area contributed by atoms with Gasteiger partial charge in [-0.1, -0.05) is 17.7 Å². The lowest BCUT2D eigenvalue weighted by Gasteiger charge is -2.33. The number of aryl methyl sites for hydroxylation is 1. The third-order valence-electron chi connectivity index (χ3n) is 4.09. The minimum Gasteiger partial charge on any atom is -0.506 e. The van der Waals surface area contributed by atoms with Gasteiger partial charge in [-0.2, -0.15) is 0 Å². The van der Waals surface area contributed by atoms with Crippen LogP contribution in [0, 0.1) is 6.92 Å². The van der Waals surface area contributed by atoms with Crippen LogP contribution in [0.25, 0.3) is 0 Å². The summed E-state index contributed by atoms with van der Waals surface area (Å²) in [5, 5.41) is 11.7. The van der Waals surface area contributed by atoms with Crippen molar-refractivity contribution in [2.45, 2.75) is 25.9 Å². The number of piperidine rings is 1. The molecule has 126 valence electrons. The lowest BCUT2D eigenvalue weighted by atomic mass is 10.1. The van der Waals surface area contributed by atoms with Crippen LogP contribution in [0.4, 0.5) is 16.3 Å². The van der Waals surface area contributed by atoms with Gasteiger partial charge in [-0.25, -0.2) is 9.78 Å². The van der Waals surface area contributed by atoms with Crippen molar-refractivity contribution in [3.63, 3.8) is 0 Å². The third-order valence-corrected chi connectivity index (χ3v) is 4.09. The van der Waals surface area contributed by atoms with E-state index in [4.69, 9.17) is 4.74 Å². The van der Waals surface area contributed by atoms with Crippen LogP contribution in [0.5, 0.6) is 5.75 Å². The van der Waals surface area contributed by atoms with Crippen molar-refractivity contribution in [1.29, 1.82) is 0 Å². The zero-order valence-electron chi connectivity index (χ0n) is 13.6. The summed E-state index contributed by atoms with van der Waals surface area (Å²) < 4.78 is 5.45. The van der Waals surface area contributed by atoms with Crippen LogP contribution in [0.3, 0.4) is 0 Å². The molecular formula is C18H21N3O3. The summed E-state index contributed by atoms with van der Waals surface area (Å²) in [6, 6.07) is 11.4. The largest absolute Gasteiger partial charge is 0.506 e.